The SMILES string of the molecule is O=C(O)c1ccc2ccc(C=Cc3ccc(CO)cc3)nc2c1O. The van der Waals surface area contributed by atoms with Crippen molar-refractivity contribution in [3.63, 3.8) is 0 Å². The first-order valence-electron chi connectivity index (χ1n) is 7.32. The van der Waals surface area contributed by atoms with Crippen LogP contribution in [0.1, 0.15) is 27.2 Å². The molecule has 3 rings (SSSR count). The Labute approximate surface area is 138 Å². The quantitative estimate of drug-likeness (QED) is 0.686. The Morgan fingerprint density at radius 2 is 1.71 bits per heavy atom. The van der Waals surface area contributed by atoms with E-state index in [1.54, 1.807) is 24.3 Å². The zero-order chi connectivity index (χ0) is 17.1. The number of fused-ring (bicyclic) bond motifs is 1. The molecule has 2 aromatic carbocycles. The third-order valence-electron chi connectivity index (χ3n) is 3.70. The van der Waals surface area contributed by atoms with Crippen molar-refractivity contribution in [2.24, 2.45) is 0 Å². The summed E-state index contributed by atoms with van der Waals surface area (Å²) in [5, 5.41) is 28.9. The molecule has 0 aliphatic rings. The predicted octanol–water partition coefficient (Wildman–Crippen LogP) is 3.30. The second kappa shape index (κ2) is 6.52. The van der Waals surface area contributed by atoms with Crippen LogP contribution in [0.2, 0.25) is 0 Å². The molecule has 0 radical (unpaired) electrons. The maximum Gasteiger partial charge on any atom is 0.339 e. The van der Waals surface area contributed by atoms with Crippen LogP contribution in [0.4, 0.5) is 0 Å². The Balaban J connectivity index is 1.95. The number of hydrogen-bond donors (Lipinski definition) is 3. The molecular weight excluding hydrogens is 306 g/mol. The summed E-state index contributed by atoms with van der Waals surface area (Å²) in [6.45, 7) is 0.00140. The second-order valence-corrected chi connectivity index (χ2v) is 5.31. The number of aliphatic hydroxyl groups is 1. The largest absolute Gasteiger partial charge is 0.505 e. The molecule has 0 fully saturated rings. The number of phenols is 1. The van der Waals surface area contributed by atoms with Crippen molar-refractivity contribution < 1.29 is 20.1 Å². The number of nitrogens with zero attached hydrogens (tertiary/aromatic N) is 1. The van der Waals surface area contributed by atoms with Gasteiger partial charge in [0, 0.05) is 5.39 Å². The lowest BCUT2D eigenvalue weighted by atomic mass is 10.1. The van der Waals surface area contributed by atoms with E-state index >= 15 is 0 Å². The fraction of sp³-hybridized carbons (Fsp3) is 0.0526. The van der Waals surface area contributed by atoms with Gasteiger partial charge in [0.15, 0.2) is 5.75 Å². The van der Waals surface area contributed by atoms with Crippen LogP contribution in [0.5, 0.6) is 5.75 Å². The van der Waals surface area contributed by atoms with Gasteiger partial charge in [0.25, 0.3) is 0 Å². The molecule has 0 bridgehead atoms. The summed E-state index contributed by atoms with van der Waals surface area (Å²) in [5.74, 6) is -1.52. The van der Waals surface area contributed by atoms with Crippen molar-refractivity contribution in [1.29, 1.82) is 0 Å². The Morgan fingerprint density at radius 3 is 2.38 bits per heavy atom. The zero-order valence-corrected chi connectivity index (χ0v) is 12.7. The lowest BCUT2D eigenvalue weighted by molar-refractivity contribution is 0.0694. The first-order chi connectivity index (χ1) is 11.6. The molecule has 0 atom stereocenters. The summed E-state index contributed by atoms with van der Waals surface area (Å²) in [7, 11) is 0. The van der Waals surface area contributed by atoms with Crippen molar-refractivity contribution in [3.8, 4) is 5.75 Å². The standard InChI is InChI=1S/C19H15NO4/c21-11-13-3-1-12(2-4-13)5-8-15-9-6-14-7-10-16(19(23)24)18(22)17(14)20-15/h1-10,21-22H,11H2,(H,23,24). The molecule has 1 heterocycles. The monoisotopic (exact) mass is 321 g/mol. The van der Waals surface area contributed by atoms with Crippen molar-refractivity contribution >= 4 is 29.0 Å². The summed E-state index contributed by atoms with van der Waals surface area (Å²) >= 11 is 0. The maximum atomic E-state index is 11.1. The number of carboxylic acids is 1. The van der Waals surface area contributed by atoms with Crippen LogP contribution in [-0.2, 0) is 6.61 Å². The minimum Gasteiger partial charge on any atom is -0.505 e. The molecular formula is C19H15NO4. The van der Waals surface area contributed by atoms with Crippen LogP contribution in [-0.4, -0.2) is 26.3 Å². The third-order valence-corrected chi connectivity index (χ3v) is 3.70. The summed E-state index contributed by atoms with van der Waals surface area (Å²) in [6, 6.07) is 14.0. The van der Waals surface area contributed by atoms with Crippen molar-refractivity contribution in [2.45, 2.75) is 6.61 Å². The topological polar surface area (TPSA) is 90.7 Å². The number of aromatic nitrogens is 1. The fourth-order valence-corrected chi connectivity index (χ4v) is 2.37. The van der Waals surface area contributed by atoms with Gasteiger partial charge in [-0.25, -0.2) is 9.78 Å². The van der Waals surface area contributed by atoms with Gasteiger partial charge in [0.2, 0.25) is 0 Å². The fourth-order valence-electron chi connectivity index (χ4n) is 2.37. The lowest BCUT2D eigenvalue weighted by Gasteiger charge is -2.05. The van der Waals surface area contributed by atoms with Gasteiger partial charge in [-0.1, -0.05) is 42.5 Å². The van der Waals surface area contributed by atoms with Gasteiger partial charge >= 0.3 is 5.97 Å². The highest BCUT2D eigenvalue weighted by molar-refractivity contribution is 5.99. The molecule has 24 heavy (non-hydrogen) atoms. The Bertz CT molecular complexity index is 930. The minimum atomic E-state index is -1.19. The van der Waals surface area contributed by atoms with E-state index in [1.165, 1.54) is 6.07 Å². The number of rotatable bonds is 4. The summed E-state index contributed by atoms with van der Waals surface area (Å²) in [4.78, 5) is 15.4. The van der Waals surface area contributed by atoms with Gasteiger partial charge in [-0.05, 0) is 29.3 Å². The molecule has 0 aliphatic heterocycles. The van der Waals surface area contributed by atoms with Crippen LogP contribution in [0.3, 0.4) is 0 Å². The zero-order valence-electron chi connectivity index (χ0n) is 12.7. The number of benzene rings is 2. The molecule has 3 N–H and O–H groups in total. The van der Waals surface area contributed by atoms with Crippen molar-refractivity contribution in [1.82, 2.24) is 4.98 Å². The molecule has 0 aliphatic carbocycles. The van der Waals surface area contributed by atoms with Gasteiger partial charge in [-0.2, -0.15) is 0 Å². The van der Waals surface area contributed by atoms with E-state index < -0.39 is 5.97 Å². The number of aromatic hydroxyl groups is 1. The third kappa shape index (κ3) is 3.11. The van der Waals surface area contributed by atoms with Gasteiger partial charge in [-0.3, -0.25) is 0 Å². The van der Waals surface area contributed by atoms with E-state index in [2.05, 4.69) is 4.98 Å². The molecule has 5 nitrogen and oxygen atoms in total. The van der Waals surface area contributed by atoms with Gasteiger partial charge in [0.1, 0.15) is 11.1 Å². The van der Waals surface area contributed by atoms with E-state index in [9.17, 15) is 9.90 Å². The molecule has 0 spiro atoms. The second-order valence-electron chi connectivity index (χ2n) is 5.31. The maximum absolute atomic E-state index is 11.1. The first kappa shape index (κ1) is 15.7. The molecule has 0 unspecified atom stereocenters. The van der Waals surface area contributed by atoms with Gasteiger partial charge < -0.3 is 15.3 Å². The predicted molar refractivity (Wildman–Crippen MR) is 91.7 cm³/mol. The normalized spacial score (nSPS) is 11.2. The summed E-state index contributed by atoms with van der Waals surface area (Å²) < 4.78 is 0. The number of carboxylic acid groups (broad SMARTS) is 1. The number of aliphatic hydroxyl groups excluding tert-OH is 1. The molecule has 1 aromatic heterocycles. The average Bonchev–Trinajstić information content (AvgIpc) is 2.60. The van der Waals surface area contributed by atoms with Crippen molar-refractivity contribution in [3.05, 3.63) is 70.9 Å². The van der Waals surface area contributed by atoms with Crippen LogP contribution < -0.4 is 0 Å². The lowest BCUT2D eigenvalue weighted by Crippen LogP contribution is -1.97. The highest BCUT2D eigenvalue weighted by Crippen LogP contribution is 2.27. The highest BCUT2D eigenvalue weighted by Gasteiger charge is 2.13. The van der Waals surface area contributed by atoms with E-state index in [0.717, 1.165) is 11.1 Å². The summed E-state index contributed by atoms with van der Waals surface area (Å²) in [5.41, 5.74) is 2.47. The molecule has 0 saturated carbocycles. The number of pyridine rings is 1. The number of carbonyl (C=O) groups is 1. The Hall–Kier alpha value is -3.18. The highest BCUT2D eigenvalue weighted by atomic mass is 16.4. The van der Waals surface area contributed by atoms with E-state index in [4.69, 9.17) is 10.2 Å². The molecule has 0 amide bonds. The van der Waals surface area contributed by atoms with Crippen molar-refractivity contribution in [2.75, 3.05) is 0 Å². The van der Waals surface area contributed by atoms with Gasteiger partial charge in [-0.15, -0.1) is 0 Å². The molecule has 0 saturated heterocycles. The van der Waals surface area contributed by atoms with E-state index in [0.29, 0.717) is 11.1 Å². The van der Waals surface area contributed by atoms with E-state index in [-0.39, 0.29) is 23.4 Å². The number of hydrogen-bond acceptors (Lipinski definition) is 4. The Kier molecular flexibility index (Phi) is 4.26. The molecule has 3 aromatic rings. The summed E-state index contributed by atoms with van der Waals surface area (Å²) in [6.07, 6.45) is 3.63. The minimum absolute atomic E-state index is 0.00140. The number of aromatic carboxylic acids is 1. The van der Waals surface area contributed by atoms with Crippen LogP contribution >= 0.6 is 0 Å². The van der Waals surface area contributed by atoms with Gasteiger partial charge in [0.05, 0.1) is 12.3 Å². The van der Waals surface area contributed by atoms with Crippen LogP contribution in [0.15, 0.2) is 48.5 Å². The first-order valence-corrected chi connectivity index (χ1v) is 7.32. The molecule has 120 valence electrons. The van der Waals surface area contributed by atoms with Crippen LogP contribution in [0, 0.1) is 0 Å². The van der Waals surface area contributed by atoms with E-state index in [1.807, 2.05) is 30.3 Å². The molecule has 5 heteroatoms. The smallest absolute Gasteiger partial charge is 0.339 e. The average molecular weight is 321 g/mol. The van der Waals surface area contributed by atoms with Crippen LogP contribution in [0.25, 0.3) is 23.1 Å². The Morgan fingerprint density at radius 1 is 1.00 bits per heavy atom.